The molecule has 3 rings (SSSR count). The number of carbonyl (C=O) groups excluding carboxylic acids is 1. The third-order valence-electron chi connectivity index (χ3n) is 2.89. The maximum atomic E-state index is 11.8. The van der Waals surface area contributed by atoms with Gasteiger partial charge >= 0.3 is 0 Å². The largest absolute Gasteiger partial charge is 0.292 e. The zero-order chi connectivity index (χ0) is 16.2. The van der Waals surface area contributed by atoms with Crippen molar-refractivity contribution < 1.29 is 4.79 Å². The minimum Gasteiger partial charge on any atom is -0.292 e. The molecule has 0 spiro atoms. The lowest BCUT2D eigenvalue weighted by Crippen LogP contribution is -2.07. The Kier molecular flexibility index (Phi) is 5.09. The number of anilines is 1. The van der Waals surface area contributed by atoms with Crippen molar-refractivity contribution in [3.63, 3.8) is 0 Å². The number of aromatic nitrogens is 1. The molecule has 0 saturated heterocycles. The second kappa shape index (κ2) is 7.25. The number of benzene rings is 2. The smallest absolute Gasteiger partial charge is 0.186 e. The number of carbonyl (C=O) groups is 1. The van der Waals surface area contributed by atoms with Gasteiger partial charge in [0.25, 0.3) is 0 Å². The lowest BCUT2D eigenvalue weighted by Gasteiger charge is -2.03. The Balaban J connectivity index is 1.79. The predicted molar refractivity (Wildman–Crippen MR) is 101 cm³/mol. The summed E-state index contributed by atoms with van der Waals surface area (Å²) in [5.41, 5.74) is 4.66. The average Bonchev–Trinajstić information content (AvgIpc) is 2.95. The van der Waals surface area contributed by atoms with Crippen LogP contribution in [-0.2, 0) is 4.79 Å². The molecule has 0 aliphatic rings. The highest BCUT2D eigenvalue weighted by Crippen LogP contribution is 2.30. The van der Waals surface area contributed by atoms with Gasteiger partial charge < -0.3 is 0 Å². The standard InChI is InChI=1S/C16H12BrN3OS2/c1-10(21)15(20-19-12-8-6-11(17)7-9-12)23-16-18-13-4-2-3-5-14(13)22-16/h2-9,19H,1H3/b20-15+. The van der Waals surface area contributed by atoms with E-state index in [9.17, 15) is 4.79 Å². The van der Waals surface area contributed by atoms with Crippen molar-refractivity contribution in [1.82, 2.24) is 4.98 Å². The number of para-hydroxylation sites is 1. The lowest BCUT2D eigenvalue weighted by atomic mass is 10.3. The molecule has 23 heavy (non-hydrogen) atoms. The first-order valence-electron chi connectivity index (χ1n) is 6.75. The fourth-order valence-corrected chi connectivity index (χ4v) is 3.97. The Morgan fingerprint density at radius 1 is 1.22 bits per heavy atom. The van der Waals surface area contributed by atoms with Crippen LogP contribution in [0.25, 0.3) is 10.2 Å². The summed E-state index contributed by atoms with van der Waals surface area (Å²) in [5.74, 6) is -0.0983. The molecular formula is C16H12BrN3OS2. The highest BCUT2D eigenvalue weighted by Gasteiger charge is 2.12. The number of halogens is 1. The van der Waals surface area contributed by atoms with E-state index in [1.807, 2.05) is 48.5 Å². The molecule has 0 atom stereocenters. The van der Waals surface area contributed by atoms with E-state index in [-0.39, 0.29) is 5.78 Å². The number of Topliss-reactive ketones (excluding diaryl/α,β-unsaturated/α-hetero) is 1. The molecule has 3 aromatic rings. The molecule has 0 radical (unpaired) electrons. The molecule has 0 fully saturated rings. The van der Waals surface area contributed by atoms with E-state index in [1.54, 1.807) is 11.3 Å². The zero-order valence-electron chi connectivity index (χ0n) is 12.1. The van der Waals surface area contributed by atoms with Crippen LogP contribution in [0.5, 0.6) is 0 Å². The number of hydrogen-bond donors (Lipinski definition) is 1. The fraction of sp³-hybridized carbons (Fsp3) is 0.0625. The van der Waals surface area contributed by atoms with Crippen molar-refractivity contribution in [3.05, 3.63) is 53.0 Å². The summed E-state index contributed by atoms with van der Waals surface area (Å²) in [6, 6.07) is 15.5. The normalized spacial score (nSPS) is 11.7. The minimum atomic E-state index is -0.0983. The van der Waals surface area contributed by atoms with Crippen molar-refractivity contribution >= 4 is 65.8 Å². The summed E-state index contributed by atoms with van der Waals surface area (Å²) in [5, 5.41) is 4.60. The highest BCUT2D eigenvalue weighted by atomic mass is 79.9. The number of fused-ring (bicyclic) bond motifs is 1. The maximum absolute atomic E-state index is 11.8. The van der Waals surface area contributed by atoms with Crippen LogP contribution in [0.1, 0.15) is 6.92 Å². The second-order valence-electron chi connectivity index (χ2n) is 4.64. The van der Waals surface area contributed by atoms with Gasteiger partial charge in [-0.2, -0.15) is 5.10 Å². The van der Waals surface area contributed by atoms with Crippen molar-refractivity contribution in [2.45, 2.75) is 11.3 Å². The van der Waals surface area contributed by atoms with E-state index >= 15 is 0 Å². The molecule has 0 aliphatic heterocycles. The van der Waals surface area contributed by atoms with E-state index < -0.39 is 0 Å². The molecule has 2 aromatic carbocycles. The molecule has 0 bridgehead atoms. The Hall–Kier alpha value is -1.70. The summed E-state index contributed by atoms with van der Waals surface area (Å²) in [4.78, 5) is 16.3. The molecular weight excluding hydrogens is 394 g/mol. The number of nitrogens with zero attached hydrogens (tertiary/aromatic N) is 2. The van der Waals surface area contributed by atoms with Crippen molar-refractivity contribution in [2.75, 3.05) is 5.43 Å². The van der Waals surface area contributed by atoms with E-state index in [1.165, 1.54) is 18.7 Å². The molecule has 0 unspecified atom stereocenters. The summed E-state index contributed by atoms with van der Waals surface area (Å²) in [6.45, 7) is 1.50. The minimum absolute atomic E-state index is 0.0983. The van der Waals surface area contributed by atoms with Gasteiger partial charge in [0.1, 0.15) is 0 Å². The number of rotatable bonds is 4. The maximum Gasteiger partial charge on any atom is 0.186 e. The van der Waals surface area contributed by atoms with Gasteiger partial charge in [0, 0.05) is 11.4 Å². The molecule has 1 aromatic heterocycles. The topological polar surface area (TPSA) is 54.4 Å². The van der Waals surface area contributed by atoms with Crippen molar-refractivity contribution in [2.24, 2.45) is 5.10 Å². The van der Waals surface area contributed by atoms with Crippen LogP contribution in [0.3, 0.4) is 0 Å². The summed E-state index contributed by atoms with van der Waals surface area (Å²) < 4.78 is 2.89. The van der Waals surface area contributed by atoms with Crippen LogP contribution in [0.2, 0.25) is 0 Å². The Bertz CT molecular complexity index is 841. The van der Waals surface area contributed by atoms with Crippen molar-refractivity contribution in [1.29, 1.82) is 0 Å². The van der Waals surface area contributed by atoms with Gasteiger partial charge in [0.2, 0.25) is 0 Å². The van der Waals surface area contributed by atoms with Crippen molar-refractivity contribution in [3.8, 4) is 0 Å². The summed E-state index contributed by atoms with van der Waals surface area (Å²) in [6.07, 6.45) is 0. The molecule has 0 amide bonds. The van der Waals surface area contributed by atoms with E-state index in [0.717, 1.165) is 24.7 Å². The molecule has 1 N–H and O–H groups in total. The SMILES string of the molecule is CC(=O)/C(=N\Nc1ccc(Br)cc1)Sc1nc2ccccc2s1. The van der Waals surface area contributed by atoms with E-state index in [4.69, 9.17) is 0 Å². The number of thiazole rings is 1. The number of thioether (sulfide) groups is 1. The van der Waals surface area contributed by atoms with Crippen LogP contribution in [0.4, 0.5) is 5.69 Å². The van der Waals surface area contributed by atoms with Crippen LogP contribution < -0.4 is 5.43 Å². The first kappa shape index (κ1) is 16.2. The second-order valence-corrected chi connectivity index (χ2v) is 7.82. The van der Waals surface area contributed by atoms with Crippen LogP contribution in [0.15, 0.2) is 62.4 Å². The quantitative estimate of drug-likeness (QED) is 0.281. The zero-order valence-corrected chi connectivity index (χ0v) is 15.3. The predicted octanol–water partition coefficient (Wildman–Crippen LogP) is 5.17. The first-order chi connectivity index (χ1) is 11.1. The Morgan fingerprint density at radius 2 is 1.96 bits per heavy atom. The monoisotopic (exact) mass is 405 g/mol. The Labute approximate surface area is 150 Å². The number of hydrazone groups is 1. The van der Waals surface area contributed by atoms with E-state index in [2.05, 4.69) is 31.4 Å². The van der Waals surface area contributed by atoms with Crippen LogP contribution in [0, 0.1) is 0 Å². The molecule has 0 aliphatic carbocycles. The lowest BCUT2D eigenvalue weighted by molar-refractivity contribution is -0.110. The first-order valence-corrected chi connectivity index (χ1v) is 9.18. The van der Waals surface area contributed by atoms with Crippen LogP contribution >= 0.6 is 39.0 Å². The molecule has 4 nitrogen and oxygen atoms in total. The molecule has 116 valence electrons. The summed E-state index contributed by atoms with van der Waals surface area (Å²) >= 11 is 6.21. The molecule has 0 saturated carbocycles. The average molecular weight is 406 g/mol. The highest BCUT2D eigenvalue weighted by molar-refractivity contribution is 9.10. The fourth-order valence-electron chi connectivity index (χ4n) is 1.79. The molecule has 7 heteroatoms. The Morgan fingerprint density at radius 3 is 2.65 bits per heavy atom. The third-order valence-corrected chi connectivity index (χ3v) is 5.59. The van der Waals surface area contributed by atoms with Crippen LogP contribution in [-0.4, -0.2) is 15.8 Å². The van der Waals surface area contributed by atoms with E-state index in [0.29, 0.717) is 5.04 Å². The van der Waals surface area contributed by atoms with Gasteiger partial charge in [0.15, 0.2) is 15.2 Å². The van der Waals surface area contributed by atoms with Gasteiger partial charge in [-0.1, -0.05) is 28.1 Å². The van der Waals surface area contributed by atoms with Gasteiger partial charge in [-0.25, -0.2) is 4.98 Å². The molecule has 1 heterocycles. The summed E-state index contributed by atoms with van der Waals surface area (Å²) in [7, 11) is 0. The van der Waals surface area contributed by atoms with Gasteiger partial charge in [0.05, 0.1) is 15.9 Å². The number of hydrogen-bond acceptors (Lipinski definition) is 6. The third kappa shape index (κ3) is 4.19. The number of ketones is 1. The van der Waals surface area contributed by atoms with Gasteiger partial charge in [-0.15, -0.1) is 11.3 Å². The number of nitrogens with one attached hydrogen (secondary N) is 1. The van der Waals surface area contributed by atoms with Gasteiger partial charge in [-0.3, -0.25) is 10.2 Å². The van der Waals surface area contributed by atoms with Gasteiger partial charge in [-0.05, 0) is 48.2 Å².